The fourth-order valence-electron chi connectivity index (χ4n) is 1.91. The van der Waals surface area contributed by atoms with Gasteiger partial charge in [0.15, 0.2) is 0 Å². The lowest BCUT2D eigenvalue weighted by Crippen LogP contribution is -2.37. The van der Waals surface area contributed by atoms with Crippen molar-refractivity contribution in [1.29, 1.82) is 0 Å². The quantitative estimate of drug-likeness (QED) is 0.875. The highest BCUT2D eigenvalue weighted by Gasteiger charge is 2.33. The molecule has 0 aliphatic heterocycles. The zero-order valence-electron chi connectivity index (χ0n) is 9.61. The highest BCUT2D eigenvalue weighted by molar-refractivity contribution is 5.37. The first-order valence-electron chi connectivity index (χ1n) is 5.51. The van der Waals surface area contributed by atoms with Crippen LogP contribution in [-0.4, -0.2) is 11.7 Å². The molecule has 0 heterocycles. The summed E-state index contributed by atoms with van der Waals surface area (Å²) < 4.78 is 27.0. The zero-order chi connectivity index (χ0) is 13.2. The molecule has 2 aromatic carbocycles. The van der Waals surface area contributed by atoms with Crippen LogP contribution >= 0.6 is 0 Å². The zero-order valence-corrected chi connectivity index (χ0v) is 9.61. The number of halogens is 2. The normalized spacial score (nSPS) is 14.2. The third kappa shape index (κ3) is 2.12. The van der Waals surface area contributed by atoms with Gasteiger partial charge in [0.1, 0.15) is 17.2 Å². The molecular formula is C14H13F2NO. The number of nitrogens with two attached hydrogens (primary N) is 1. The maximum atomic E-state index is 13.8. The Bertz CT molecular complexity index is 545. The Morgan fingerprint density at radius 3 is 2.33 bits per heavy atom. The van der Waals surface area contributed by atoms with Crippen molar-refractivity contribution in [1.82, 2.24) is 0 Å². The van der Waals surface area contributed by atoms with Crippen LogP contribution in [-0.2, 0) is 5.60 Å². The molecule has 4 heteroatoms. The predicted molar refractivity (Wildman–Crippen MR) is 64.9 cm³/mol. The Morgan fingerprint density at radius 2 is 1.72 bits per heavy atom. The van der Waals surface area contributed by atoms with Gasteiger partial charge in [0, 0.05) is 12.1 Å². The molecule has 0 aromatic heterocycles. The van der Waals surface area contributed by atoms with Gasteiger partial charge in [-0.2, -0.15) is 0 Å². The average Bonchev–Trinajstić information content (AvgIpc) is 2.41. The van der Waals surface area contributed by atoms with Crippen molar-refractivity contribution in [2.45, 2.75) is 5.60 Å². The third-order valence-electron chi connectivity index (χ3n) is 2.92. The van der Waals surface area contributed by atoms with E-state index in [2.05, 4.69) is 0 Å². The van der Waals surface area contributed by atoms with E-state index in [0.29, 0.717) is 5.56 Å². The SMILES string of the molecule is NCC(O)(c1ccccc1)c1cc(F)ccc1F. The fourth-order valence-corrected chi connectivity index (χ4v) is 1.91. The van der Waals surface area contributed by atoms with Crippen LogP contribution in [0.2, 0.25) is 0 Å². The molecule has 3 N–H and O–H groups in total. The molecule has 1 unspecified atom stereocenters. The van der Waals surface area contributed by atoms with E-state index in [1.165, 1.54) is 0 Å². The molecule has 0 saturated heterocycles. The summed E-state index contributed by atoms with van der Waals surface area (Å²) in [5.41, 5.74) is 4.09. The fraction of sp³-hybridized carbons (Fsp3) is 0.143. The lowest BCUT2D eigenvalue weighted by Gasteiger charge is -2.28. The van der Waals surface area contributed by atoms with Crippen LogP contribution in [0, 0.1) is 11.6 Å². The highest BCUT2D eigenvalue weighted by Crippen LogP contribution is 2.30. The third-order valence-corrected chi connectivity index (χ3v) is 2.92. The van der Waals surface area contributed by atoms with Gasteiger partial charge in [0.25, 0.3) is 0 Å². The van der Waals surface area contributed by atoms with Crippen LogP contribution in [0.25, 0.3) is 0 Å². The molecule has 0 fully saturated rings. The van der Waals surface area contributed by atoms with Gasteiger partial charge in [-0.15, -0.1) is 0 Å². The van der Waals surface area contributed by atoms with Crippen molar-refractivity contribution in [3.63, 3.8) is 0 Å². The molecule has 2 rings (SSSR count). The van der Waals surface area contributed by atoms with Gasteiger partial charge in [0.2, 0.25) is 0 Å². The Kier molecular flexibility index (Phi) is 3.41. The summed E-state index contributed by atoms with van der Waals surface area (Å²) in [6.07, 6.45) is 0. The van der Waals surface area contributed by atoms with E-state index in [4.69, 9.17) is 5.73 Å². The highest BCUT2D eigenvalue weighted by atomic mass is 19.1. The molecule has 0 bridgehead atoms. The molecule has 0 amide bonds. The Morgan fingerprint density at radius 1 is 1.06 bits per heavy atom. The molecule has 94 valence electrons. The first-order chi connectivity index (χ1) is 8.58. The van der Waals surface area contributed by atoms with Crippen molar-refractivity contribution >= 4 is 0 Å². The molecule has 18 heavy (non-hydrogen) atoms. The van der Waals surface area contributed by atoms with Gasteiger partial charge < -0.3 is 10.8 Å². The average molecular weight is 249 g/mol. The molecule has 2 aromatic rings. The van der Waals surface area contributed by atoms with Crippen molar-refractivity contribution in [2.75, 3.05) is 6.54 Å². The van der Waals surface area contributed by atoms with Gasteiger partial charge in [-0.1, -0.05) is 30.3 Å². The molecule has 1 atom stereocenters. The van der Waals surface area contributed by atoms with E-state index in [-0.39, 0.29) is 12.1 Å². The maximum absolute atomic E-state index is 13.8. The second kappa shape index (κ2) is 4.84. The van der Waals surface area contributed by atoms with E-state index >= 15 is 0 Å². The van der Waals surface area contributed by atoms with E-state index in [1.807, 2.05) is 0 Å². The Balaban J connectivity index is 2.60. The van der Waals surface area contributed by atoms with Crippen LogP contribution in [0.15, 0.2) is 48.5 Å². The molecule has 0 aliphatic rings. The van der Waals surface area contributed by atoms with Crippen LogP contribution < -0.4 is 5.73 Å². The van der Waals surface area contributed by atoms with E-state index in [0.717, 1.165) is 18.2 Å². The molecule has 0 radical (unpaired) electrons. The number of hydrogen-bond acceptors (Lipinski definition) is 2. The minimum Gasteiger partial charge on any atom is -0.379 e. The van der Waals surface area contributed by atoms with Gasteiger partial charge in [-0.05, 0) is 23.8 Å². The summed E-state index contributed by atoms with van der Waals surface area (Å²) >= 11 is 0. The largest absolute Gasteiger partial charge is 0.379 e. The molecule has 2 nitrogen and oxygen atoms in total. The van der Waals surface area contributed by atoms with E-state index in [1.54, 1.807) is 30.3 Å². The van der Waals surface area contributed by atoms with E-state index < -0.39 is 17.2 Å². The van der Waals surface area contributed by atoms with Crippen molar-refractivity contribution in [3.8, 4) is 0 Å². The summed E-state index contributed by atoms with van der Waals surface area (Å²) in [4.78, 5) is 0. The van der Waals surface area contributed by atoms with Crippen molar-refractivity contribution in [3.05, 3.63) is 71.3 Å². The molecular weight excluding hydrogens is 236 g/mol. The van der Waals surface area contributed by atoms with Gasteiger partial charge in [-0.3, -0.25) is 0 Å². The molecule has 0 spiro atoms. The second-order valence-corrected chi connectivity index (χ2v) is 4.05. The van der Waals surface area contributed by atoms with Crippen molar-refractivity contribution in [2.24, 2.45) is 5.73 Å². The summed E-state index contributed by atoms with van der Waals surface area (Å²) in [5, 5.41) is 10.5. The number of benzene rings is 2. The van der Waals surface area contributed by atoms with Crippen LogP contribution in [0.4, 0.5) is 8.78 Å². The van der Waals surface area contributed by atoms with E-state index in [9.17, 15) is 13.9 Å². The minimum absolute atomic E-state index is 0.156. The van der Waals surface area contributed by atoms with Crippen LogP contribution in [0.1, 0.15) is 11.1 Å². The Hall–Kier alpha value is -1.78. The minimum atomic E-state index is -1.73. The lowest BCUT2D eigenvalue weighted by molar-refractivity contribution is 0.0857. The number of aliphatic hydroxyl groups is 1. The first-order valence-corrected chi connectivity index (χ1v) is 5.51. The van der Waals surface area contributed by atoms with Gasteiger partial charge in [0.05, 0.1) is 0 Å². The van der Waals surface area contributed by atoms with Crippen LogP contribution in [0.3, 0.4) is 0 Å². The topological polar surface area (TPSA) is 46.2 Å². The first kappa shape index (κ1) is 12.7. The maximum Gasteiger partial charge on any atom is 0.130 e. The summed E-state index contributed by atoms with van der Waals surface area (Å²) in [6.45, 7) is -0.239. The van der Waals surface area contributed by atoms with Crippen molar-refractivity contribution < 1.29 is 13.9 Å². The van der Waals surface area contributed by atoms with Crippen LogP contribution in [0.5, 0.6) is 0 Å². The summed E-state index contributed by atoms with van der Waals surface area (Å²) in [6, 6.07) is 11.4. The second-order valence-electron chi connectivity index (χ2n) is 4.05. The summed E-state index contributed by atoms with van der Waals surface area (Å²) in [5.74, 6) is -1.30. The number of hydrogen-bond donors (Lipinski definition) is 2. The number of rotatable bonds is 3. The predicted octanol–water partition coefficient (Wildman–Crippen LogP) is 2.16. The monoisotopic (exact) mass is 249 g/mol. The van der Waals surface area contributed by atoms with Gasteiger partial charge >= 0.3 is 0 Å². The standard InChI is InChI=1S/C14H13F2NO/c15-11-6-7-13(16)12(8-11)14(18,9-17)10-4-2-1-3-5-10/h1-8,18H,9,17H2. The lowest BCUT2D eigenvalue weighted by atomic mass is 9.86. The Labute approximate surface area is 104 Å². The van der Waals surface area contributed by atoms with Gasteiger partial charge in [-0.25, -0.2) is 8.78 Å². The summed E-state index contributed by atoms with van der Waals surface area (Å²) in [7, 11) is 0. The smallest absolute Gasteiger partial charge is 0.130 e. The molecule has 0 saturated carbocycles. The molecule has 0 aliphatic carbocycles.